The summed E-state index contributed by atoms with van der Waals surface area (Å²) in [6.45, 7) is 3.47. The zero-order valence-corrected chi connectivity index (χ0v) is 10.2. The summed E-state index contributed by atoms with van der Waals surface area (Å²) in [4.78, 5) is 24.1. The van der Waals surface area contributed by atoms with Gasteiger partial charge in [0.25, 0.3) is 5.91 Å². The Morgan fingerprint density at radius 2 is 2.06 bits per heavy atom. The van der Waals surface area contributed by atoms with Crippen molar-refractivity contribution in [3.05, 3.63) is 0 Å². The second-order valence-corrected chi connectivity index (χ2v) is 3.99. The van der Waals surface area contributed by atoms with Gasteiger partial charge < -0.3 is 19.5 Å². The minimum atomic E-state index is -1.00. The van der Waals surface area contributed by atoms with Crippen LogP contribution < -0.4 is 0 Å². The lowest BCUT2D eigenvalue weighted by molar-refractivity contribution is -0.154. The van der Waals surface area contributed by atoms with Crippen LogP contribution in [-0.4, -0.2) is 60.9 Å². The molecular formula is C11H19NO5. The number of ether oxygens (including phenoxy) is 2. The molecule has 2 atom stereocenters. The van der Waals surface area contributed by atoms with Gasteiger partial charge in [-0.3, -0.25) is 4.79 Å². The van der Waals surface area contributed by atoms with Crippen molar-refractivity contribution in [1.82, 2.24) is 4.90 Å². The summed E-state index contributed by atoms with van der Waals surface area (Å²) in [5.41, 5.74) is 0. The molecule has 2 unspecified atom stereocenters. The van der Waals surface area contributed by atoms with Crippen molar-refractivity contribution >= 4 is 11.9 Å². The number of nitrogens with zero attached hydrogens (tertiary/aromatic N) is 1. The third kappa shape index (κ3) is 3.98. The molecule has 98 valence electrons. The first-order valence-electron chi connectivity index (χ1n) is 5.77. The van der Waals surface area contributed by atoms with Crippen LogP contribution in [0.15, 0.2) is 0 Å². The fraction of sp³-hybridized carbons (Fsp3) is 0.818. The molecule has 1 aliphatic rings. The van der Waals surface area contributed by atoms with Crippen LogP contribution in [0.4, 0.5) is 0 Å². The number of hydrogen-bond donors (Lipinski definition) is 1. The van der Waals surface area contributed by atoms with Crippen LogP contribution in [0.5, 0.6) is 0 Å². The van der Waals surface area contributed by atoms with Gasteiger partial charge in [0.1, 0.15) is 6.10 Å². The fourth-order valence-electron chi connectivity index (χ4n) is 1.70. The summed E-state index contributed by atoms with van der Waals surface area (Å²) in [5, 5.41) is 8.75. The minimum Gasteiger partial charge on any atom is -0.479 e. The molecule has 0 saturated carbocycles. The number of carbonyl (C=O) groups is 2. The van der Waals surface area contributed by atoms with Crippen LogP contribution in [-0.2, 0) is 19.1 Å². The molecule has 0 spiro atoms. The van der Waals surface area contributed by atoms with Gasteiger partial charge in [0.15, 0.2) is 6.10 Å². The number of aliphatic carboxylic acids is 1. The van der Waals surface area contributed by atoms with Crippen LogP contribution in [0.2, 0.25) is 0 Å². The molecule has 1 saturated heterocycles. The van der Waals surface area contributed by atoms with Crippen LogP contribution in [0.3, 0.4) is 0 Å². The van der Waals surface area contributed by atoms with E-state index in [1.54, 1.807) is 7.05 Å². The Balaban J connectivity index is 2.35. The third-order valence-corrected chi connectivity index (χ3v) is 2.72. The molecule has 0 aromatic rings. The number of hydrogen-bond acceptors (Lipinski definition) is 4. The van der Waals surface area contributed by atoms with Crippen LogP contribution >= 0.6 is 0 Å². The molecular weight excluding hydrogens is 226 g/mol. The van der Waals surface area contributed by atoms with E-state index in [1.165, 1.54) is 4.90 Å². The van der Waals surface area contributed by atoms with E-state index in [0.717, 1.165) is 0 Å². The molecule has 1 N–H and O–H groups in total. The Morgan fingerprint density at radius 1 is 1.41 bits per heavy atom. The highest BCUT2D eigenvalue weighted by atomic mass is 16.5. The molecule has 0 radical (unpaired) electrons. The second-order valence-electron chi connectivity index (χ2n) is 3.99. The highest BCUT2D eigenvalue weighted by Crippen LogP contribution is 2.21. The SMILES string of the molecule is CCOCCN(C)C(=O)C1CCC(C(=O)O)O1. The van der Waals surface area contributed by atoms with Crippen molar-refractivity contribution in [3.63, 3.8) is 0 Å². The van der Waals surface area contributed by atoms with E-state index in [1.807, 2.05) is 6.92 Å². The smallest absolute Gasteiger partial charge is 0.332 e. The van der Waals surface area contributed by atoms with E-state index in [9.17, 15) is 9.59 Å². The molecule has 1 rings (SSSR count). The van der Waals surface area contributed by atoms with Gasteiger partial charge in [0, 0.05) is 20.2 Å². The van der Waals surface area contributed by atoms with Crippen molar-refractivity contribution < 1.29 is 24.2 Å². The Bertz CT molecular complexity index is 281. The molecule has 0 bridgehead atoms. The number of carboxylic acids is 1. The average molecular weight is 245 g/mol. The Labute approximate surface area is 100 Å². The van der Waals surface area contributed by atoms with Gasteiger partial charge >= 0.3 is 5.97 Å². The zero-order valence-electron chi connectivity index (χ0n) is 10.2. The summed E-state index contributed by atoms with van der Waals surface area (Å²) < 4.78 is 10.3. The van der Waals surface area contributed by atoms with Gasteiger partial charge in [-0.1, -0.05) is 0 Å². The van der Waals surface area contributed by atoms with E-state index in [0.29, 0.717) is 32.6 Å². The number of amides is 1. The first-order chi connectivity index (χ1) is 8.06. The second kappa shape index (κ2) is 6.56. The molecule has 0 aromatic heterocycles. The quantitative estimate of drug-likeness (QED) is 0.672. The minimum absolute atomic E-state index is 0.173. The lowest BCUT2D eigenvalue weighted by Crippen LogP contribution is -2.38. The first kappa shape index (κ1) is 13.9. The van der Waals surface area contributed by atoms with Gasteiger partial charge in [0.2, 0.25) is 0 Å². The fourth-order valence-corrected chi connectivity index (χ4v) is 1.70. The summed E-state index contributed by atoms with van der Waals surface area (Å²) >= 11 is 0. The summed E-state index contributed by atoms with van der Waals surface area (Å²) in [5.74, 6) is -1.18. The summed E-state index contributed by atoms with van der Waals surface area (Å²) in [6, 6.07) is 0. The van der Waals surface area contributed by atoms with Gasteiger partial charge in [-0.15, -0.1) is 0 Å². The van der Waals surface area contributed by atoms with E-state index >= 15 is 0 Å². The van der Waals surface area contributed by atoms with E-state index < -0.39 is 18.2 Å². The number of likely N-dealkylation sites (N-methyl/N-ethyl adjacent to an activating group) is 1. The maximum Gasteiger partial charge on any atom is 0.332 e. The normalized spacial score (nSPS) is 23.6. The predicted molar refractivity (Wildman–Crippen MR) is 59.7 cm³/mol. The molecule has 17 heavy (non-hydrogen) atoms. The Hall–Kier alpha value is -1.14. The molecule has 6 nitrogen and oxygen atoms in total. The van der Waals surface area contributed by atoms with Crippen molar-refractivity contribution in [2.24, 2.45) is 0 Å². The maximum absolute atomic E-state index is 11.9. The van der Waals surface area contributed by atoms with Gasteiger partial charge in [-0.2, -0.15) is 0 Å². The largest absolute Gasteiger partial charge is 0.479 e. The lowest BCUT2D eigenvalue weighted by atomic mass is 10.2. The third-order valence-electron chi connectivity index (χ3n) is 2.72. The molecule has 0 aromatic carbocycles. The first-order valence-corrected chi connectivity index (χ1v) is 5.77. The summed E-state index contributed by atoms with van der Waals surface area (Å²) in [6.07, 6.45) is -0.605. The molecule has 1 aliphatic heterocycles. The van der Waals surface area contributed by atoms with Crippen molar-refractivity contribution in [1.29, 1.82) is 0 Å². The topological polar surface area (TPSA) is 76.1 Å². The average Bonchev–Trinajstić information content (AvgIpc) is 2.77. The van der Waals surface area contributed by atoms with Crippen LogP contribution in [0.1, 0.15) is 19.8 Å². The number of rotatable bonds is 6. The van der Waals surface area contributed by atoms with Crippen molar-refractivity contribution in [3.8, 4) is 0 Å². The molecule has 6 heteroatoms. The molecule has 1 amide bonds. The van der Waals surface area contributed by atoms with Crippen molar-refractivity contribution in [2.75, 3.05) is 26.8 Å². The molecule has 0 aliphatic carbocycles. The summed E-state index contributed by atoms with van der Waals surface area (Å²) in [7, 11) is 1.67. The maximum atomic E-state index is 11.9. The van der Waals surface area contributed by atoms with E-state index in [-0.39, 0.29) is 5.91 Å². The Morgan fingerprint density at radius 3 is 2.59 bits per heavy atom. The molecule has 1 fully saturated rings. The van der Waals surface area contributed by atoms with Gasteiger partial charge in [0.05, 0.1) is 6.61 Å². The predicted octanol–water partition coefficient (Wildman–Crippen LogP) is 0.114. The van der Waals surface area contributed by atoms with E-state index in [2.05, 4.69) is 0 Å². The zero-order chi connectivity index (χ0) is 12.8. The standard InChI is InChI=1S/C11H19NO5/c1-3-16-7-6-12(2)10(13)8-4-5-9(17-8)11(14)15/h8-9H,3-7H2,1-2H3,(H,14,15). The number of carbonyl (C=O) groups excluding carboxylic acids is 1. The Kier molecular flexibility index (Phi) is 5.37. The van der Waals surface area contributed by atoms with Crippen LogP contribution in [0.25, 0.3) is 0 Å². The van der Waals surface area contributed by atoms with E-state index in [4.69, 9.17) is 14.6 Å². The van der Waals surface area contributed by atoms with Crippen molar-refractivity contribution in [2.45, 2.75) is 32.0 Å². The number of carboxylic acid groups (broad SMARTS) is 1. The highest BCUT2D eigenvalue weighted by molar-refractivity contribution is 5.82. The monoisotopic (exact) mass is 245 g/mol. The molecule has 1 heterocycles. The van der Waals surface area contributed by atoms with Gasteiger partial charge in [-0.25, -0.2) is 4.79 Å². The lowest BCUT2D eigenvalue weighted by Gasteiger charge is -2.20. The highest BCUT2D eigenvalue weighted by Gasteiger charge is 2.35. The van der Waals surface area contributed by atoms with Gasteiger partial charge in [-0.05, 0) is 19.8 Å². The van der Waals surface area contributed by atoms with Crippen LogP contribution in [0, 0.1) is 0 Å².